The lowest BCUT2D eigenvalue weighted by molar-refractivity contribution is -0.124. The quantitative estimate of drug-likeness (QED) is 0.629. The van der Waals surface area contributed by atoms with E-state index in [4.69, 9.17) is 16.3 Å². The molecule has 1 fully saturated rings. The Bertz CT molecular complexity index is 999. The predicted molar refractivity (Wildman–Crippen MR) is 122 cm³/mol. The van der Waals surface area contributed by atoms with E-state index < -0.39 is 16.1 Å². The summed E-state index contributed by atoms with van der Waals surface area (Å²) in [7, 11) is -3.76. The van der Waals surface area contributed by atoms with Crippen LogP contribution in [-0.2, 0) is 20.2 Å². The number of halogens is 1. The Hall–Kier alpha value is -2.09. The number of nitrogens with zero attached hydrogens (tertiary/aromatic N) is 1. The highest BCUT2D eigenvalue weighted by Gasteiger charge is 2.39. The zero-order chi connectivity index (χ0) is 22.6. The Labute approximate surface area is 189 Å². The van der Waals surface area contributed by atoms with Crippen molar-refractivity contribution in [3.05, 3.63) is 59.1 Å². The van der Waals surface area contributed by atoms with Crippen LogP contribution in [0.25, 0.3) is 0 Å². The van der Waals surface area contributed by atoms with Gasteiger partial charge in [0, 0.05) is 11.6 Å². The van der Waals surface area contributed by atoms with Gasteiger partial charge < -0.3 is 10.1 Å². The van der Waals surface area contributed by atoms with Crippen LogP contribution >= 0.6 is 11.6 Å². The fourth-order valence-corrected chi connectivity index (χ4v) is 5.33. The Balaban J connectivity index is 1.53. The largest absolute Gasteiger partial charge is 0.492 e. The highest BCUT2D eigenvalue weighted by molar-refractivity contribution is 7.89. The predicted octanol–water partition coefficient (Wildman–Crippen LogP) is 3.99. The number of ether oxygens (including phenoxy) is 1. The van der Waals surface area contributed by atoms with Crippen molar-refractivity contribution < 1.29 is 17.9 Å². The van der Waals surface area contributed by atoms with E-state index >= 15 is 0 Å². The third kappa shape index (κ3) is 5.79. The van der Waals surface area contributed by atoms with E-state index in [1.165, 1.54) is 34.1 Å². The normalized spacial score (nSPS) is 17.5. The fraction of sp³-hybridized carbons (Fsp3) is 0.435. The molecule has 1 N–H and O–H groups in total. The summed E-state index contributed by atoms with van der Waals surface area (Å²) in [5.74, 6) is 0.428. The maximum Gasteiger partial charge on any atom is 0.243 e. The van der Waals surface area contributed by atoms with Gasteiger partial charge in [-0.15, -0.1) is 0 Å². The first kappa shape index (κ1) is 23.6. The number of hydrogen-bond donors (Lipinski definition) is 1. The van der Waals surface area contributed by atoms with Crippen molar-refractivity contribution in [1.29, 1.82) is 0 Å². The molecule has 2 aromatic carbocycles. The second-order valence-electron chi connectivity index (χ2n) is 8.64. The van der Waals surface area contributed by atoms with Crippen molar-refractivity contribution in [1.82, 2.24) is 9.62 Å². The van der Waals surface area contributed by atoms with Crippen LogP contribution in [0.3, 0.4) is 0 Å². The Morgan fingerprint density at radius 3 is 2.39 bits per heavy atom. The first-order valence-corrected chi connectivity index (χ1v) is 12.2. The van der Waals surface area contributed by atoms with Crippen LogP contribution in [0.2, 0.25) is 5.02 Å². The fourth-order valence-electron chi connectivity index (χ4n) is 3.54. The standard InChI is InChI=1S/C23H29ClN2O4S/c1-23(2,3)17-6-10-19(11-7-17)30-16-14-25-22(27)21-5-4-15-26(21)31(28,29)20-12-8-18(24)9-13-20/h6-13,21H,4-5,14-16H2,1-3H3,(H,25,27). The molecule has 1 amide bonds. The van der Waals surface area contributed by atoms with E-state index in [9.17, 15) is 13.2 Å². The third-order valence-corrected chi connectivity index (χ3v) is 7.49. The van der Waals surface area contributed by atoms with E-state index in [2.05, 4.69) is 26.1 Å². The smallest absolute Gasteiger partial charge is 0.243 e. The van der Waals surface area contributed by atoms with Crippen molar-refractivity contribution >= 4 is 27.5 Å². The van der Waals surface area contributed by atoms with Crippen LogP contribution < -0.4 is 10.1 Å². The summed E-state index contributed by atoms with van der Waals surface area (Å²) >= 11 is 5.86. The highest BCUT2D eigenvalue weighted by Crippen LogP contribution is 2.27. The first-order valence-electron chi connectivity index (χ1n) is 10.4. The summed E-state index contributed by atoms with van der Waals surface area (Å²) in [4.78, 5) is 12.8. The second kappa shape index (κ2) is 9.59. The SMILES string of the molecule is CC(C)(C)c1ccc(OCCNC(=O)C2CCCN2S(=O)(=O)c2ccc(Cl)cc2)cc1. The van der Waals surface area contributed by atoms with Crippen LogP contribution in [0, 0.1) is 0 Å². The minimum atomic E-state index is -3.76. The van der Waals surface area contributed by atoms with E-state index in [-0.39, 0.29) is 16.2 Å². The molecule has 0 spiro atoms. The average molecular weight is 465 g/mol. The number of carbonyl (C=O) groups is 1. The highest BCUT2D eigenvalue weighted by atomic mass is 35.5. The molecule has 2 aromatic rings. The maximum atomic E-state index is 13.0. The molecule has 0 aliphatic carbocycles. The minimum absolute atomic E-state index is 0.0754. The lowest BCUT2D eigenvalue weighted by atomic mass is 9.87. The van der Waals surface area contributed by atoms with E-state index in [0.717, 1.165) is 5.75 Å². The van der Waals surface area contributed by atoms with Gasteiger partial charge in [0.1, 0.15) is 18.4 Å². The van der Waals surface area contributed by atoms with Crippen LogP contribution in [0.4, 0.5) is 0 Å². The molecule has 1 atom stereocenters. The number of rotatable bonds is 7. The summed E-state index contributed by atoms with van der Waals surface area (Å²) in [5.41, 5.74) is 1.29. The summed E-state index contributed by atoms with van der Waals surface area (Å²) in [6, 6.07) is 13.2. The van der Waals surface area contributed by atoms with Crippen LogP contribution in [0.5, 0.6) is 5.75 Å². The second-order valence-corrected chi connectivity index (χ2v) is 11.0. The number of sulfonamides is 1. The molecule has 0 aromatic heterocycles. The Kier molecular flexibility index (Phi) is 7.29. The Morgan fingerprint density at radius 2 is 1.77 bits per heavy atom. The molecule has 1 unspecified atom stereocenters. The summed E-state index contributed by atoms with van der Waals surface area (Å²) in [6.45, 7) is 7.37. The molecule has 1 heterocycles. The van der Waals surface area contributed by atoms with Gasteiger partial charge in [-0.3, -0.25) is 4.79 Å². The van der Waals surface area contributed by atoms with Crippen molar-refractivity contribution in [3.63, 3.8) is 0 Å². The number of benzene rings is 2. The molecule has 1 aliphatic heterocycles. The van der Waals surface area contributed by atoms with Gasteiger partial charge in [0.15, 0.2) is 0 Å². The topological polar surface area (TPSA) is 75.7 Å². The molecule has 0 saturated carbocycles. The van der Waals surface area contributed by atoms with Gasteiger partial charge in [-0.2, -0.15) is 4.31 Å². The van der Waals surface area contributed by atoms with E-state index in [0.29, 0.717) is 37.6 Å². The molecule has 168 valence electrons. The average Bonchev–Trinajstić information content (AvgIpc) is 3.22. The molecule has 8 heteroatoms. The lowest BCUT2D eigenvalue weighted by Gasteiger charge is -2.23. The molecular weight excluding hydrogens is 436 g/mol. The van der Waals surface area contributed by atoms with E-state index in [1.807, 2.05) is 24.3 Å². The summed E-state index contributed by atoms with van der Waals surface area (Å²) in [5, 5.41) is 3.26. The summed E-state index contributed by atoms with van der Waals surface area (Å²) < 4.78 is 32.9. The van der Waals surface area contributed by atoms with Gasteiger partial charge in [0.05, 0.1) is 11.4 Å². The monoisotopic (exact) mass is 464 g/mol. The molecule has 1 saturated heterocycles. The van der Waals surface area contributed by atoms with E-state index in [1.54, 1.807) is 0 Å². The van der Waals surface area contributed by atoms with Crippen LogP contribution in [0.15, 0.2) is 53.4 Å². The molecule has 31 heavy (non-hydrogen) atoms. The number of hydrogen-bond acceptors (Lipinski definition) is 4. The zero-order valence-electron chi connectivity index (χ0n) is 18.1. The van der Waals surface area contributed by atoms with Gasteiger partial charge >= 0.3 is 0 Å². The minimum Gasteiger partial charge on any atom is -0.492 e. The number of amides is 1. The van der Waals surface area contributed by atoms with Gasteiger partial charge in [0.2, 0.25) is 15.9 Å². The number of nitrogens with one attached hydrogen (secondary N) is 1. The van der Waals surface area contributed by atoms with Crippen LogP contribution in [0.1, 0.15) is 39.2 Å². The van der Waals surface area contributed by atoms with Crippen LogP contribution in [-0.4, -0.2) is 44.4 Å². The maximum absolute atomic E-state index is 13.0. The first-order chi connectivity index (χ1) is 14.6. The van der Waals surface area contributed by atoms with Crippen molar-refractivity contribution in [2.24, 2.45) is 0 Å². The van der Waals surface area contributed by atoms with Crippen molar-refractivity contribution in [3.8, 4) is 5.75 Å². The van der Waals surface area contributed by atoms with Gasteiger partial charge in [-0.05, 0) is 60.2 Å². The Morgan fingerprint density at radius 1 is 1.13 bits per heavy atom. The molecule has 6 nitrogen and oxygen atoms in total. The van der Waals surface area contributed by atoms with Gasteiger partial charge in [0.25, 0.3) is 0 Å². The molecular formula is C23H29ClN2O4S. The summed E-state index contributed by atoms with van der Waals surface area (Å²) in [6.07, 6.45) is 1.13. The zero-order valence-corrected chi connectivity index (χ0v) is 19.7. The lowest BCUT2D eigenvalue weighted by Crippen LogP contribution is -2.46. The molecule has 1 aliphatic rings. The van der Waals surface area contributed by atoms with Gasteiger partial charge in [-0.1, -0.05) is 44.5 Å². The molecule has 3 rings (SSSR count). The molecule has 0 radical (unpaired) electrons. The van der Waals surface area contributed by atoms with Gasteiger partial charge in [-0.25, -0.2) is 8.42 Å². The number of carbonyl (C=O) groups excluding carboxylic acids is 1. The molecule has 0 bridgehead atoms. The van der Waals surface area contributed by atoms with Crippen molar-refractivity contribution in [2.45, 2.75) is 50.0 Å². The van der Waals surface area contributed by atoms with Crippen molar-refractivity contribution in [2.75, 3.05) is 19.7 Å². The third-order valence-electron chi connectivity index (χ3n) is 5.32.